The lowest BCUT2D eigenvalue weighted by atomic mass is 10.0. The van der Waals surface area contributed by atoms with Crippen LogP contribution >= 0.6 is 12.4 Å². The Bertz CT molecular complexity index is 555. The zero-order chi connectivity index (χ0) is 15.5. The van der Waals surface area contributed by atoms with E-state index < -0.39 is 10.0 Å². The van der Waals surface area contributed by atoms with Crippen LogP contribution in [-0.4, -0.2) is 57.9 Å². The number of benzene rings is 1. The average molecular weight is 348 g/mol. The molecule has 0 amide bonds. The Balaban J connectivity index is 0.00000242. The molecule has 0 spiro atoms. The minimum atomic E-state index is -3.33. The van der Waals surface area contributed by atoms with Crippen molar-refractivity contribution in [2.24, 2.45) is 0 Å². The molecule has 0 bridgehead atoms. The van der Waals surface area contributed by atoms with Crippen LogP contribution in [0.25, 0.3) is 0 Å². The van der Waals surface area contributed by atoms with Gasteiger partial charge in [0, 0.05) is 26.7 Å². The Morgan fingerprint density at radius 3 is 2.14 bits per heavy atom. The van der Waals surface area contributed by atoms with Gasteiger partial charge in [-0.05, 0) is 50.7 Å². The third-order valence-corrected chi connectivity index (χ3v) is 5.90. The number of piperidine rings is 1. The minimum absolute atomic E-state index is 0. The molecule has 0 radical (unpaired) electrons. The Kier molecular flexibility index (Phi) is 7.28. The molecule has 0 aliphatic carbocycles. The van der Waals surface area contributed by atoms with Gasteiger partial charge in [0.15, 0.2) is 0 Å². The van der Waals surface area contributed by atoms with Crippen LogP contribution in [0.3, 0.4) is 0 Å². The van der Waals surface area contributed by atoms with E-state index in [1.807, 2.05) is 12.1 Å². The topological polar surface area (TPSA) is 52.7 Å². The summed E-state index contributed by atoms with van der Waals surface area (Å²) in [7, 11) is 1.91. The second-order valence-electron chi connectivity index (χ2n) is 5.83. The number of sulfonamides is 1. The van der Waals surface area contributed by atoms with Crippen molar-refractivity contribution in [1.29, 1.82) is 0 Å². The van der Waals surface area contributed by atoms with Gasteiger partial charge in [-0.25, -0.2) is 12.7 Å². The van der Waals surface area contributed by atoms with Gasteiger partial charge in [-0.3, -0.25) is 4.90 Å². The van der Waals surface area contributed by atoms with Crippen LogP contribution in [0.4, 0.5) is 0 Å². The Hall–Kier alpha value is -0.660. The number of nitrogens with zero attached hydrogens (tertiary/aromatic N) is 2. The van der Waals surface area contributed by atoms with Crippen molar-refractivity contribution in [2.45, 2.75) is 30.3 Å². The third kappa shape index (κ3) is 4.67. The van der Waals surface area contributed by atoms with Crippen molar-refractivity contribution in [3.05, 3.63) is 29.8 Å². The number of rotatable bonds is 5. The largest absolute Gasteiger partial charge is 0.317 e. The van der Waals surface area contributed by atoms with E-state index in [-0.39, 0.29) is 12.4 Å². The molecule has 0 atom stereocenters. The highest BCUT2D eigenvalue weighted by atomic mass is 35.5. The molecule has 0 aromatic heterocycles. The van der Waals surface area contributed by atoms with Gasteiger partial charge < -0.3 is 5.32 Å². The van der Waals surface area contributed by atoms with E-state index in [4.69, 9.17) is 0 Å². The monoisotopic (exact) mass is 347 g/mol. The van der Waals surface area contributed by atoms with Gasteiger partial charge in [-0.2, -0.15) is 0 Å². The molecule has 1 aromatic rings. The van der Waals surface area contributed by atoms with Crippen molar-refractivity contribution >= 4 is 22.4 Å². The van der Waals surface area contributed by atoms with Gasteiger partial charge in [0.2, 0.25) is 10.0 Å². The van der Waals surface area contributed by atoms with E-state index in [1.165, 1.54) is 17.1 Å². The Morgan fingerprint density at radius 2 is 1.64 bits per heavy atom. The predicted molar refractivity (Wildman–Crippen MR) is 91.9 cm³/mol. The van der Waals surface area contributed by atoms with E-state index in [9.17, 15) is 8.42 Å². The van der Waals surface area contributed by atoms with Gasteiger partial charge in [-0.1, -0.05) is 12.1 Å². The van der Waals surface area contributed by atoms with E-state index in [2.05, 4.69) is 17.3 Å². The first kappa shape index (κ1) is 19.4. The van der Waals surface area contributed by atoms with Gasteiger partial charge in [0.25, 0.3) is 0 Å². The second-order valence-corrected chi connectivity index (χ2v) is 7.98. The van der Waals surface area contributed by atoms with Crippen LogP contribution in [0.2, 0.25) is 0 Å². The lowest BCUT2D eigenvalue weighted by Gasteiger charge is -2.31. The van der Waals surface area contributed by atoms with Crippen LogP contribution in [0.5, 0.6) is 0 Å². The number of hydrogen-bond donors (Lipinski definition) is 1. The molecule has 1 fully saturated rings. The smallest absolute Gasteiger partial charge is 0.242 e. The fourth-order valence-corrected chi connectivity index (χ4v) is 3.54. The maximum absolute atomic E-state index is 12.0. The summed E-state index contributed by atoms with van der Waals surface area (Å²) < 4.78 is 25.3. The summed E-state index contributed by atoms with van der Waals surface area (Å²) in [5.41, 5.74) is 1.15. The lowest BCUT2D eigenvalue weighted by Crippen LogP contribution is -2.40. The zero-order valence-corrected chi connectivity index (χ0v) is 15.1. The van der Waals surface area contributed by atoms with Crippen LogP contribution in [-0.2, 0) is 16.6 Å². The van der Waals surface area contributed by atoms with E-state index in [1.54, 1.807) is 26.2 Å². The van der Waals surface area contributed by atoms with Crippen LogP contribution in [0, 0.1) is 0 Å². The first-order chi connectivity index (χ1) is 9.91. The molecule has 0 saturated carbocycles. The molecule has 1 saturated heterocycles. The quantitative estimate of drug-likeness (QED) is 0.878. The maximum atomic E-state index is 12.0. The Morgan fingerprint density at radius 1 is 1.09 bits per heavy atom. The molecular weight excluding hydrogens is 322 g/mol. The van der Waals surface area contributed by atoms with Gasteiger partial charge in [-0.15, -0.1) is 12.4 Å². The molecule has 7 heteroatoms. The third-order valence-electron chi connectivity index (χ3n) is 4.07. The van der Waals surface area contributed by atoms with E-state index in [0.29, 0.717) is 10.9 Å². The van der Waals surface area contributed by atoms with Gasteiger partial charge in [0.05, 0.1) is 4.90 Å². The van der Waals surface area contributed by atoms with Crippen molar-refractivity contribution in [2.75, 3.05) is 34.2 Å². The molecule has 2 rings (SSSR count). The van der Waals surface area contributed by atoms with Crippen LogP contribution in [0.1, 0.15) is 18.4 Å². The molecule has 5 nitrogen and oxygen atoms in total. The lowest BCUT2D eigenvalue weighted by molar-refractivity contribution is 0.192. The van der Waals surface area contributed by atoms with E-state index in [0.717, 1.165) is 25.2 Å². The molecule has 1 N–H and O–H groups in total. The second kappa shape index (κ2) is 8.26. The molecule has 1 heterocycles. The molecular formula is C15H26ClN3O2S. The molecule has 126 valence electrons. The first-order valence-corrected chi connectivity index (χ1v) is 8.77. The van der Waals surface area contributed by atoms with Crippen LogP contribution in [0.15, 0.2) is 29.2 Å². The SMILES string of the molecule is CN(Cc1ccc(S(=O)(=O)N(C)C)cc1)C1CCNCC1.Cl. The summed E-state index contributed by atoms with van der Waals surface area (Å²) in [6.07, 6.45) is 2.34. The van der Waals surface area contributed by atoms with Crippen molar-refractivity contribution < 1.29 is 8.42 Å². The number of hydrogen-bond acceptors (Lipinski definition) is 4. The van der Waals surface area contributed by atoms with Crippen molar-refractivity contribution in [3.63, 3.8) is 0 Å². The van der Waals surface area contributed by atoms with Crippen LogP contribution < -0.4 is 5.32 Å². The molecule has 1 aliphatic heterocycles. The summed E-state index contributed by atoms with van der Waals surface area (Å²) in [5.74, 6) is 0. The van der Waals surface area contributed by atoms with Crippen molar-refractivity contribution in [3.8, 4) is 0 Å². The van der Waals surface area contributed by atoms with Gasteiger partial charge in [0.1, 0.15) is 0 Å². The molecule has 0 unspecified atom stereocenters. The van der Waals surface area contributed by atoms with Crippen molar-refractivity contribution in [1.82, 2.24) is 14.5 Å². The summed E-state index contributed by atoms with van der Waals surface area (Å²) in [4.78, 5) is 2.71. The summed E-state index contributed by atoms with van der Waals surface area (Å²) in [6.45, 7) is 3.01. The number of nitrogens with one attached hydrogen (secondary N) is 1. The highest BCUT2D eigenvalue weighted by Gasteiger charge is 2.19. The Labute approximate surface area is 140 Å². The minimum Gasteiger partial charge on any atom is -0.317 e. The fraction of sp³-hybridized carbons (Fsp3) is 0.600. The standard InChI is InChI=1S/C15H25N3O2S.ClH/c1-17(2)21(19,20)15-6-4-13(5-7-15)12-18(3)14-8-10-16-11-9-14;/h4-7,14,16H,8-12H2,1-3H3;1H. The molecule has 1 aliphatic rings. The van der Waals surface area contributed by atoms with E-state index >= 15 is 0 Å². The predicted octanol–water partition coefficient (Wildman–Crippen LogP) is 1.54. The highest BCUT2D eigenvalue weighted by molar-refractivity contribution is 7.89. The summed E-state index contributed by atoms with van der Waals surface area (Å²) >= 11 is 0. The average Bonchev–Trinajstić information content (AvgIpc) is 2.48. The maximum Gasteiger partial charge on any atom is 0.242 e. The highest BCUT2D eigenvalue weighted by Crippen LogP contribution is 2.17. The molecule has 22 heavy (non-hydrogen) atoms. The normalized spacial score (nSPS) is 16.8. The molecule has 1 aromatic carbocycles. The fourth-order valence-electron chi connectivity index (χ4n) is 2.64. The summed E-state index contributed by atoms with van der Waals surface area (Å²) in [6, 6.07) is 7.82. The zero-order valence-electron chi connectivity index (χ0n) is 13.4. The number of halogens is 1. The first-order valence-electron chi connectivity index (χ1n) is 7.33. The summed E-state index contributed by atoms with van der Waals surface area (Å²) in [5, 5.41) is 3.37. The van der Waals surface area contributed by atoms with Gasteiger partial charge >= 0.3 is 0 Å².